The van der Waals surface area contributed by atoms with Gasteiger partial charge in [-0.05, 0) is 12.1 Å². The minimum absolute atomic E-state index is 0.352. The third-order valence-corrected chi connectivity index (χ3v) is 4.06. The SMILES string of the molecule is CNC(=O)Nc1cnn2c(NC)cc(Nc3ccccc3-c3ncco3)nc12. The van der Waals surface area contributed by atoms with E-state index in [1.165, 1.54) is 6.26 Å². The molecule has 28 heavy (non-hydrogen) atoms. The molecule has 3 aromatic heterocycles. The third kappa shape index (κ3) is 3.18. The number of amides is 2. The second-order valence-corrected chi connectivity index (χ2v) is 5.78. The van der Waals surface area contributed by atoms with Gasteiger partial charge in [0.25, 0.3) is 0 Å². The van der Waals surface area contributed by atoms with Crippen LogP contribution in [0.15, 0.2) is 53.4 Å². The molecule has 0 aliphatic rings. The van der Waals surface area contributed by atoms with Gasteiger partial charge < -0.3 is 25.7 Å². The van der Waals surface area contributed by atoms with Crippen molar-refractivity contribution in [3.8, 4) is 11.5 Å². The summed E-state index contributed by atoms with van der Waals surface area (Å²) in [7, 11) is 3.33. The summed E-state index contributed by atoms with van der Waals surface area (Å²) < 4.78 is 7.03. The van der Waals surface area contributed by atoms with Crippen molar-refractivity contribution in [3.63, 3.8) is 0 Å². The molecule has 0 fully saturated rings. The number of anilines is 4. The lowest BCUT2D eigenvalue weighted by atomic mass is 10.1. The topological polar surface area (TPSA) is 121 Å². The molecule has 142 valence electrons. The number of nitrogens with zero attached hydrogens (tertiary/aromatic N) is 4. The van der Waals surface area contributed by atoms with Crippen molar-refractivity contribution >= 4 is 34.7 Å². The number of para-hydroxylation sites is 1. The first kappa shape index (κ1) is 17.3. The van der Waals surface area contributed by atoms with E-state index >= 15 is 0 Å². The maximum atomic E-state index is 11.7. The molecule has 4 rings (SSSR count). The van der Waals surface area contributed by atoms with Gasteiger partial charge >= 0.3 is 6.03 Å². The fraction of sp³-hybridized carbons (Fsp3) is 0.111. The Morgan fingerprint density at radius 2 is 2.04 bits per heavy atom. The molecule has 0 atom stereocenters. The fourth-order valence-corrected chi connectivity index (χ4v) is 2.75. The van der Waals surface area contributed by atoms with Gasteiger partial charge in [-0.25, -0.2) is 14.8 Å². The molecule has 0 saturated heterocycles. The number of fused-ring (bicyclic) bond motifs is 1. The van der Waals surface area contributed by atoms with Gasteiger partial charge in [0, 0.05) is 20.2 Å². The van der Waals surface area contributed by atoms with Gasteiger partial charge in [-0.15, -0.1) is 0 Å². The average molecular weight is 378 g/mol. The molecule has 4 N–H and O–H groups in total. The summed E-state index contributed by atoms with van der Waals surface area (Å²) in [5.41, 5.74) is 2.56. The first-order valence-electron chi connectivity index (χ1n) is 8.51. The quantitative estimate of drug-likeness (QED) is 0.421. The second kappa shape index (κ2) is 7.27. The van der Waals surface area contributed by atoms with Crippen LogP contribution in [-0.4, -0.2) is 39.7 Å². The average Bonchev–Trinajstić information content (AvgIpc) is 3.38. The smallest absolute Gasteiger partial charge is 0.319 e. The Labute approximate surface area is 160 Å². The predicted molar refractivity (Wildman–Crippen MR) is 106 cm³/mol. The van der Waals surface area contributed by atoms with E-state index in [1.54, 1.807) is 31.0 Å². The van der Waals surface area contributed by atoms with Crippen LogP contribution in [0.3, 0.4) is 0 Å². The Kier molecular flexibility index (Phi) is 4.50. The van der Waals surface area contributed by atoms with Crippen molar-refractivity contribution in [2.45, 2.75) is 0 Å². The molecular weight excluding hydrogens is 360 g/mol. The van der Waals surface area contributed by atoms with Crippen LogP contribution in [0.1, 0.15) is 0 Å². The maximum absolute atomic E-state index is 11.7. The Balaban J connectivity index is 1.76. The maximum Gasteiger partial charge on any atom is 0.319 e. The number of aromatic nitrogens is 4. The van der Waals surface area contributed by atoms with Gasteiger partial charge in [-0.3, -0.25) is 0 Å². The summed E-state index contributed by atoms with van der Waals surface area (Å²) >= 11 is 0. The number of urea groups is 1. The largest absolute Gasteiger partial charge is 0.444 e. The summed E-state index contributed by atoms with van der Waals surface area (Å²) in [6.07, 6.45) is 4.67. The van der Waals surface area contributed by atoms with Crippen LogP contribution < -0.4 is 21.3 Å². The number of nitrogens with one attached hydrogen (secondary N) is 4. The van der Waals surface area contributed by atoms with Gasteiger partial charge in [-0.1, -0.05) is 12.1 Å². The zero-order chi connectivity index (χ0) is 19.5. The van der Waals surface area contributed by atoms with Crippen LogP contribution in [0, 0.1) is 0 Å². The van der Waals surface area contributed by atoms with E-state index in [2.05, 4.69) is 36.3 Å². The van der Waals surface area contributed by atoms with E-state index in [0.717, 1.165) is 11.3 Å². The summed E-state index contributed by atoms with van der Waals surface area (Å²) in [5.74, 6) is 1.77. The summed E-state index contributed by atoms with van der Waals surface area (Å²) in [6, 6.07) is 9.09. The highest BCUT2D eigenvalue weighted by atomic mass is 16.3. The van der Waals surface area contributed by atoms with Gasteiger partial charge in [0.2, 0.25) is 5.89 Å². The highest BCUT2D eigenvalue weighted by Crippen LogP contribution is 2.30. The fourth-order valence-electron chi connectivity index (χ4n) is 2.75. The molecule has 0 bridgehead atoms. The molecule has 0 aliphatic carbocycles. The number of oxazole rings is 1. The molecule has 0 aliphatic heterocycles. The number of rotatable bonds is 5. The lowest BCUT2D eigenvalue weighted by Crippen LogP contribution is -2.24. The van der Waals surface area contributed by atoms with Crippen molar-refractivity contribution < 1.29 is 9.21 Å². The summed E-state index contributed by atoms with van der Waals surface area (Å²) in [4.78, 5) is 20.5. The lowest BCUT2D eigenvalue weighted by Gasteiger charge is -2.12. The third-order valence-electron chi connectivity index (χ3n) is 4.06. The Morgan fingerprint density at radius 3 is 2.79 bits per heavy atom. The number of carbonyl (C=O) groups is 1. The van der Waals surface area contributed by atoms with E-state index in [4.69, 9.17) is 4.42 Å². The Hall–Kier alpha value is -4.08. The van der Waals surface area contributed by atoms with Crippen molar-refractivity contribution in [1.82, 2.24) is 24.9 Å². The minimum Gasteiger partial charge on any atom is -0.444 e. The second-order valence-electron chi connectivity index (χ2n) is 5.78. The van der Waals surface area contributed by atoms with Crippen LogP contribution in [0.4, 0.5) is 27.8 Å². The first-order chi connectivity index (χ1) is 13.7. The highest BCUT2D eigenvalue weighted by molar-refractivity contribution is 5.93. The van der Waals surface area contributed by atoms with Crippen LogP contribution in [0.25, 0.3) is 17.1 Å². The Morgan fingerprint density at radius 1 is 1.18 bits per heavy atom. The van der Waals surface area contributed by atoms with E-state index in [9.17, 15) is 4.79 Å². The summed E-state index contributed by atoms with van der Waals surface area (Å²) in [6.45, 7) is 0. The van der Waals surface area contributed by atoms with Gasteiger partial charge in [0.05, 0.1) is 23.6 Å². The number of hydrogen-bond acceptors (Lipinski definition) is 7. The van der Waals surface area contributed by atoms with E-state index in [-0.39, 0.29) is 6.03 Å². The standard InChI is InChI=1S/C18H18N8O2/c1-19-15-9-14(25-16-13(10-22-26(15)16)24-18(27)20-2)23-12-6-4-3-5-11(12)17-21-7-8-28-17/h3-10,19H,1-2H3,(H,23,25)(H2,20,24,27). The molecule has 4 aromatic rings. The number of carbonyl (C=O) groups excluding carboxylic acids is 1. The monoisotopic (exact) mass is 378 g/mol. The van der Waals surface area contributed by atoms with Crippen LogP contribution >= 0.6 is 0 Å². The first-order valence-corrected chi connectivity index (χ1v) is 8.51. The number of hydrogen-bond donors (Lipinski definition) is 4. The van der Waals surface area contributed by atoms with Crippen molar-refractivity contribution in [2.24, 2.45) is 0 Å². The van der Waals surface area contributed by atoms with E-state index < -0.39 is 0 Å². The van der Waals surface area contributed by atoms with Gasteiger partial charge in [0.1, 0.15) is 23.6 Å². The highest BCUT2D eigenvalue weighted by Gasteiger charge is 2.14. The zero-order valence-corrected chi connectivity index (χ0v) is 15.2. The molecule has 0 radical (unpaired) electrons. The number of benzene rings is 1. The van der Waals surface area contributed by atoms with Gasteiger partial charge in [-0.2, -0.15) is 9.61 Å². The molecule has 0 saturated carbocycles. The molecule has 3 heterocycles. The molecule has 0 spiro atoms. The normalized spacial score (nSPS) is 10.6. The van der Waals surface area contributed by atoms with Crippen LogP contribution in [0.5, 0.6) is 0 Å². The molecular formula is C18H18N8O2. The molecule has 1 aromatic carbocycles. The molecule has 10 heteroatoms. The summed E-state index contributed by atoms with van der Waals surface area (Å²) in [5, 5.41) is 15.9. The van der Waals surface area contributed by atoms with Crippen LogP contribution in [-0.2, 0) is 0 Å². The minimum atomic E-state index is -0.352. The molecule has 2 amide bonds. The lowest BCUT2D eigenvalue weighted by molar-refractivity contribution is 0.254. The van der Waals surface area contributed by atoms with Gasteiger partial charge in [0.15, 0.2) is 5.65 Å². The van der Waals surface area contributed by atoms with E-state index in [0.29, 0.717) is 28.9 Å². The zero-order valence-electron chi connectivity index (χ0n) is 15.2. The predicted octanol–water partition coefficient (Wildman–Crippen LogP) is 2.92. The molecule has 0 unspecified atom stereocenters. The van der Waals surface area contributed by atoms with E-state index in [1.807, 2.05) is 30.3 Å². The van der Waals surface area contributed by atoms with Crippen LogP contribution in [0.2, 0.25) is 0 Å². The van der Waals surface area contributed by atoms with Crippen molar-refractivity contribution in [3.05, 3.63) is 49.0 Å². The molecule has 10 nitrogen and oxygen atoms in total. The Bertz CT molecular complexity index is 1120. The van der Waals surface area contributed by atoms with Crippen molar-refractivity contribution in [2.75, 3.05) is 30.0 Å². The van der Waals surface area contributed by atoms with Crippen molar-refractivity contribution in [1.29, 1.82) is 0 Å².